The predicted octanol–water partition coefficient (Wildman–Crippen LogP) is 4.39. The number of amides is 3. The van der Waals surface area contributed by atoms with Crippen LogP contribution in [-0.4, -0.2) is 38.3 Å². The third-order valence-electron chi connectivity index (χ3n) is 3.85. The summed E-state index contributed by atoms with van der Waals surface area (Å²) in [5, 5.41) is 7.94. The molecule has 0 saturated heterocycles. The number of aliphatic imine (C=N–C) groups is 1. The lowest BCUT2D eigenvalue weighted by molar-refractivity contribution is -0.115. The first-order valence-corrected chi connectivity index (χ1v) is 10.1. The van der Waals surface area contributed by atoms with Gasteiger partial charge in [0.25, 0.3) is 0 Å². The molecule has 0 aliphatic heterocycles. The van der Waals surface area contributed by atoms with Crippen LogP contribution in [0.3, 0.4) is 0 Å². The van der Waals surface area contributed by atoms with E-state index >= 15 is 0 Å². The molecule has 2 aromatic rings. The highest BCUT2D eigenvalue weighted by atomic mass is 32.2. The quantitative estimate of drug-likeness (QED) is 0.462. The molecule has 0 fully saturated rings. The van der Waals surface area contributed by atoms with E-state index in [4.69, 9.17) is 0 Å². The Kier molecular flexibility index (Phi) is 8.89. The van der Waals surface area contributed by atoms with Gasteiger partial charge in [0, 0.05) is 16.2 Å². The zero-order valence-corrected chi connectivity index (χ0v) is 18.5. The maximum atomic E-state index is 11.9. The van der Waals surface area contributed by atoms with Crippen LogP contribution in [0.1, 0.15) is 18.9 Å². The first kappa shape index (κ1) is 23.7. The van der Waals surface area contributed by atoms with E-state index in [2.05, 4.69) is 30.4 Å². The van der Waals surface area contributed by atoms with E-state index in [0.717, 1.165) is 22.5 Å². The fourth-order valence-corrected chi connectivity index (χ4v) is 3.33. The van der Waals surface area contributed by atoms with Gasteiger partial charge in [0.05, 0.1) is 25.6 Å². The van der Waals surface area contributed by atoms with Crippen LogP contribution >= 0.6 is 11.8 Å². The molecule has 0 spiro atoms. The van der Waals surface area contributed by atoms with Gasteiger partial charge in [-0.05, 0) is 37.3 Å². The molecule has 164 valence electrons. The van der Waals surface area contributed by atoms with Crippen molar-refractivity contribution in [2.45, 2.75) is 30.1 Å². The maximum Gasteiger partial charge on any atom is 0.436 e. The third-order valence-corrected chi connectivity index (χ3v) is 4.83. The van der Waals surface area contributed by atoms with Gasteiger partial charge in [-0.2, -0.15) is 0 Å². The van der Waals surface area contributed by atoms with E-state index in [1.807, 2.05) is 37.3 Å². The smallest absolute Gasteiger partial charge is 0.436 e. The molecule has 0 bridgehead atoms. The van der Waals surface area contributed by atoms with Crippen LogP contribution < -0.4 is 16.0 Å². The Bertz CT molecular complexity index is 993. The van der Waals surface area contributed by atoms with Crippen LogP contribution in [0, 0.1) is 6.92 Å². The lowest BCUT2D eigenvalue weighted by Crippen LogP contribution is -2.36. The average Bonchev–Trinajstić information content (AvgIpc) is 2.75. The van der Waals surface area contributed by atoms with Crippen molar-refractivity contribution in [2.24, 2.45) is 4.99 Å². The average molecular weight is 445 g/mol. The summed E-state index contributed by atoms with van der Waals surface area (Å²) in [6, 6.07) is 13.4. The molecule has 0 atom stereocenters. The van der Waals surface area contributed by atoms with E-state index in [-0.39, 0.29) is 18.3 Å². The summed E-state index contributed by atoms with van der Waals surface area (Å²) in [4.78, 5) is 40.8. The van der Waals surface area contributed by atoms with Crippen molar-refractivity contribution in [3.8, 4) is 0 Å². The Hall–Kier alpha value is -3.53. The standard InChI is InChI=1S/C21H24N4O5S/c1-5-18(26)22-16-10-9-15(31-14-8-6-7-13(2)11-14)12-17(16)23-19(24-20(27)29-3)25-21(28)30-4/h6-12H,5H2,1-4H3,(H,22,26)(H2,23,24,25,27,28). The molecule has 3 amide bonds. The van der Waals surface area contributed by atoms with E-state index in [0.29, 0.717) is 11.4 Å². The Balaban J connectivity index is 2.40. The molecular weight excluding hydrogens is 420 g/mol. The molecule has 0 heterocycles. The SMILES string of the molecule is CCC(=O)Nc1ccc(Sc2cccc(C)c2)cc1NC(=NC(=O)OC)NC(=O)OC. The Morgan fingerprint density at radius 1 is 0.968 bits per heavy atom. The van der Waals surface area contributed by atoms with Crippen molar-refractivity contribution >= 4 is 47.2 Å². The highest BCUT2D eigenvalue weighted by Gasteiger charge is 2.14. The van der Waals surface area contributed by atoms with Crippen LogP contribution in [0.4, 0.5) is 21.0 Å². The van der Waals surface area contributed by atoms with Crippen LogP contribution in [-0.2, 0) is 14.3 Å². The minimum atomic E-state index is -0.927. The fourth-order valence-electron chi connectivity index (χ4n) is 2.35. The number of nitrogens with one attached hydrogen (secondary N) is 3. The number of rotatable bonds is 5. The second-order valence-electron chi connectivity index (χ2n) is 6.20. The number of aryl methyl sites for hydroxylation is 1. The molecule has 0 aliphatic rings. The van der Waals surface area contributed by atoms with E-state index in [9.17, 15) is 14.4 Å². The number of alkyl carbamates (subject to hydrolysis) is 1. The van der Waals surface area contributed by atoms with Gasteiger partial charge in [0.1, 0.15) is 0 Å². The minimum Gasteiger partial charge on any atom is -0.453 e. The van der Waals surface area contributed by atoms with Gasteiger partial charge in [0.2, 0.25) is 11.9 Å². The molecule has 0 unspecified atom stereocenters. The Labute approximate surface area is 184 Å². The summed E-state index contributed by atoms with van der Waals surface area (Å²) < 4.78 is 9.09. The number of benzene rings is 2. The van der Waals surface area contributed by atoms with Crippen LogP contribution in [0.25, 0.3) is 0 Å². The number of carbonyl (C=O) groups excluding carboxylic acids is 3. The molecular formula is C21H24N4O5S. The van der Waals surface area contributed by atoms with Crippen molar-refractivity contribution in [3.05, 3.63) is 48.0 Å². The summed E-state index contributed by atoms with van der Waals surface area (Å²) in [5.41, 5.74) is 1.99. The maximum absolute atomic E-state index is 11.9. The summed E-state index contributed by atoms with van der Waals surface area (Å²) in [5.74, 6) is -0.419. The number of anilines is 2. The van der Waals surface area contributed by atoms with E-state index in [1.165, 1.54) is 18.9 Å². The van der Waals surface area contributed by atoms with Crippen LogP contribution in [0.2, 0.25) is 0 Å². The molecule has 3 N–H and O–H groups in total. The van der Waals surface area contributed by atoms with Gasteiger partial charge in [-0.15, -0.1) is 4.99 Å². The van der Waals surface area contributed by atoms with Gasteiger partial charge in [-0.25, -0.2) is 9.59 Å². The number of ether oxygens (including phenoxy) is 2. The summed E-state index contributed by atoms with van der Waals surface area (Å²) in [6.07, 6.45) is -1.48. The first-order chi connectivity index (χ1) is 14.8. The van der Waals surface area contributed by atoms with Gasteiger partial charge in [0.15, 0.2) is 0 Å². The van der Waals surface area contributed by atoms with E-state index in [1.54, 1.807) is 19.1 Å². The first-order valence-electron chi connectivity index (χ1n) is 9.31. The van der Waals surface area contributed by atoms with Crippen molar-refractivity contribution in [1.82, 2.24) is 5.32 Å². The third kappa shape index (κ3) is 7.67. The molecule has 0 saturated carbocycles. The summed E-state index contributed by atoms with van der Waals surface area (Å²) >= 11 is 1.52. The number of methoxy groups -OCH3 is 2. The molecule has 0 aliphatic carbocycles. The summed E-state index contributed by atoms with van der Waals surface area (Å²) in [7, 11) is 2.34. The van der Waals surface area contributed by atoms with Gasteiger partial charge < -0.3 is 20.1 Å². The Morgan fingerprint density at radius 3 is 2.35 bits per heavy atom. The van der Waals surface area contributed by atoms with Gasteiger partial charge in [-0.3, -0.25) is 10.1 Å². The largest absolute Gasteiger partial charge is 0.453 e. The highest BCUT2D eigenvalue weighted by molar-refractivity contribution is 7.99. The molecule has 31 heavy (non-hydrogen) atoms. The van der Waals surface area contributed by atoms with Crippen molar-refractivity contribution < 1.29 is 23.9 Å². The predicted molar refractivity (Wildman–Crippen MR) is 120 cm³/mol. The molecule has 2 rings (SSSR count). The number of guanidine groups is 1. The minimum absolute atomic E-state index is 0.200. The van der Waals surface area contributed by atoms with Crippen molar-refractivity contribution in [3.63, 3.8) is 0 Å². The lowest BCUT2D eigenvalue weighted by atomic mass is 10.2. The monoisotopic (exact) mass is 444 g/mol. The number of hydrogen-bond donors (Lipinski definition) is 3. The normalized spacial score (nSPS) is 10.8. The second kappa shape index (κ2) is 11.6. The van der Waals surface area contributed by atoms with Crippen LogP contribution in [0.15, 0.2) is 57.2 Å². The van der Waals surface area contributed by atoms with Crippen molar-refractivity contribution in [2.75, 3.05) is 24.9 Å². The Morgan fingerprint density at radius 2 is 1.71 bits per heavy atom. The molecule has 0 aromatic heterocycles. The molecule has 9 nitrogen and oxygen atoms in total. The van der Waals surface area contributed by atoms with Gasteiger partial charge in [-0.1, -0.05) is 36.4 Å². The van der Waals surface area contributed by atoms with Gasteiger partial charge >= 0.3 is 12.2 Å². The van der Waals surface area contributed by atoms with Crippen molar-refractivity contribution in [1.29, 1.82) is 0 Å². The molecule has 0 radical (unpaired) electrons. The topological polar surface area (TPSA) is 118 Å². The fraction of sp³-hybridized carbons (Fsp3) is 0.238. The molecule has 2 aromatic carbocycles. The molecule has 10 heteroatoms. The van der Waals surface area contributed by atoms with Crippen LogP contribution in [0.5, 0.6) is 0 Å². The summed E-state index contributed by atoms with van der Waals surface area (Å²) in [6.45, 7) is 3.74. The number of carbonyl (C=O) groups is 3. The number of hydrogen-bond acceptors (Lipinski definition) is 6. The number of nitrogens with zero attached hydrogens (tertiary/aromatic N) is 1. The zero-order chi connectivity index (χ0) is 22.8. The second-order valence-corrected chi connectivity index (χ2v) is 7.35. The highest BCUT2D eigenvalue weighted by Crippen LogP contribution is 2.33. The lowest BCUT2D eigenvalue weighted by Gasteiger charge is -2.16. The zero-order valence-electron chi connectivity index (χ0n) is 17.6. The van der Waals surface area contributed by atoms with E-state index < -0.39 is 12.2 Å².